The molecule has 0 spiro atoms. The van der Waals surface area contributed by atoms with Crippen LogP contribution in [-0.4, -0.2) is 15.2 Å². The lowest BCUT2D eigenvalue weighted by Gasteiger charge is -2.08. The molecule has 96 valence electrons. The van der Waals surface area contributed by atoms with Crippen LogP contribution < -0.4 is 0 Å². The summed E-state index contributed by atoms with van der Waals surface area (Å²) in [4.78, 5) is 20.2. The summed E-state index contributed by atoms with van der Waals surface area (Å²) in [5, 5.41) is 21.4. The lowest BCUT2D eigenvalue weighted by molar-refractivity contribution is -0.394. The number of hydrogen-bond acceptors (Lipinski definition) is 4. The average Bonchev–Trinajstić information content (AvgIpc) is 3.12. The first-order valence-electron chi connectivity index (χ1n) is 5.55. The first-order valence-corrected chi connectivity index (χ1v) is 5.98. The van der Waals surface area contributed by atoms with Gasteiger partial charge in [0.15, 0.2) is 0 Å². The van der Waals surface area contributed by atoms with Crippen molar-refractivity contribution in [2.45, 2.75) is 24.6 Å². The molecule has 1 aromatic rings. The van der Waals surface area contributed by atoms with E-state index in [-0.39, 0.29) is 16.8 Å². The fourth-order valence-corrected chi connectivity index (χ4v) is 2.26. The van der Waals surface area contributed by atoms with Gasteiger partial charge in [-0.05, 0) is 31.2 Å². The second-order valence-electron chi connectivity index (χ2n) is 4.38. The van der Waals surface area contributed by atoms with Gasteiger partial charge < -0.3 is 0 Å². The van der Waals surface area contributed by atoms with Gasteiger partial charge in [-0.15, -0.1) is 11.6 Å². The third kappa shape index (κ3) is 2.76. The third-order valence-corrected chi connectivity index (χ3v) is 3.54. The molecule has 1 atom stereocenters. The number of nitro groups is 2. The fraction of sp³-hybridized carbons (Fsp3) is 0.455. The number of rotatable bonds is 5. The van der Waals surface area contributed by atoms with Crippen molar-refractivity contribution in [3.63, 3.8) is 0 Å². The van der Waals surface area contributed by atoms with Crippen molar-refractivity contribution in [2.75, 3.05) is 0 Å². The monoisotopic (exact) mass is 270 g/mol. The molecule has 0 aliphatic heterocycles. The second kappa shape index (κ2) is 4.89. The number of alkyl halides is 1. The molecule has 0 heterocycles. The van der Waals surface area contributed by atoms with E-state index in [1.807, 2.05) is 0 Å². The molecule has 6 nitrogen and oxygen atoms in total. The molecule has 0 N–H and O–H groups in total. The number of non-ortho nitro benzene ring substituents is 1. The Kier molecular flexibility index (Phi) is 3.47. The van der Waals surface area contributed by atoms with Crippen molar-refractivity contribution in [1.29, 1.82) is 0 Å². The molecule has 1 unspecified atom stereocenters. The Labute approximate surface area is 108 Å². The van der Waals surface area contributed by atoms with Crippen molar-refractivity contribution in [3.8, 4) is 0 Å². The van der Waals surface area contributed by atoms with Gasteiger partial charge in [0.05, 0.1) is 15.9 Å². The maximum absolute atomic E-state index is 10.9. The molecule has 1 aliphatic carbocycles. The zero-order valence-corrected chi connectivity index (χ0v) is 10.2. The van der Waals surface area contributed by atoms with Crippen LogP contribution in [0.5, 0.6) is 0 Å². The summed E-state index contributed by atoms with van der Waals surface area (Å²) in [6, 6.07) is 3.69. The molecule has 0 radical (unpaired) electrons. The van der Waals surface area contributed by atoms with Crippen molar-refractivity contribution in [2.24, 2.45) is 5.92 Å². The van der Waals surface area contributed by atoms with Crippen molar-refractivity contribution < 1.29 is 9.85 Å². The van der Waals surface area contributed by atoms with E-state index < -0.39 is 9.85 Å². The largest absolute Gasteiger partial charge is 0.279 e. The van der Waals surface area contributed by atoms with Gasteiger partial charge in [0, 0.05) is 17.0 Å². The molecule has 7 heteroatoms. The number of nitrogens with zero attached hydrogens (tertiary/aromatic N) is 2. The molecule has 0 bridgehead atoms. The SMILES string of the molecule is O=[N+]([O-])c1ccc(CC(Cl)C2CC2)c([N+](=O)[O-])c1. The number of nitro benzene ring substituents is 2. The molecular weight excluding hydrogens is 260 g/mol. The van der Waals surface area contributed by atoms with E-state index in [2.05, 4.69) is 0 Å². The summed E-state index contributed by atoms with van der Waals surface area (Å²) < 4.78 is 0. The normalized spacial score (nSPS) is 16.3. The summed E-state index contributed by atoms with van der Waals surface area (Å²) in [6.45, 7) is 0. The molecule has 18 heavy (non-hydrogen) atoms. The van der Waals surface area contributed by atoms with Gasteiger partial charge in [0.1, 0.15) is 0 Å². The molecule has 2 rings (SSSR count). The maximum Gasteiger partial charge on any atom is 0.279 e. The van der Waals surface area contributed by atoms with E-state index in [1.54, 1.807) is 0 Å². The molecular formula is C11H11ClN2O4. The summed E-state index contributed by atoms with van der Waals surface area (Å²) in [7, 11) is 0. The predicted molar refractivity (Wildman–Crippen MR) is 65.8 cm³/mol. The quantitative estimate of drug-likeness (QED) is 0.467. The minimum Gasteiger partial charge on any atom is -0.258 e. The molecule has 0 amide bonds. The van der Waals surface area contributed by atoms with Crippen LogP contribution in [-0.2, 0) is 6.42 Å². The first-order chi connectivity index (χ1) is 8.49. The third-order valence-electron chi connectivity index (χ3n) is 3.02. The molecule has 0 aromatic heterocycles. The van der Waals surface area contributed by atoms with E-state index in [1.165, 1.54) is 12.1 Å². The van der Waals surface area contributed by atoms with Crippen LogP contribution in [0.2, 0.25) is 0 Å². The Morgan fingerprint density at radius 2 is 1.94 bits per heavy atom. The summed E-state index contributed by atoms with van der Waals surface area (Å²) in [5.74, 6) is 0.418. The highest BCUT2D eigenvalue weighted by Crippen LogP contribution is 2.38. The predicted octanol–water partition coefficient (Wildman–Crippen LogP) is 3.06. The van der Waals surface area contributed by atoms with Gasteiger partial charge in [-0.1, -0.05) is 0 Å². The molecule has 1 aliphatic rings. The summed E-state index contributed by atoms with van der Waals surface area (Å²) >= 11 is 6.14. The lowest BCUT2D eigenvalue weighted by atomic mass is 10.0. The van der Waals surface area contributed by atoms with Crippen LogP contribution in [0.15, 0.2) is 18.2 Å². The highest BCUT2D eigenvalue weighted by atomic mass is 35.5. The minimum absolute atomic E-state index is 0.134. The van der Waals surface area contributed by atoms with E-state index >= 15 is 0 Å². The highest BCUT2D eigenvalue weighted by Gasteiger charge is 2.31. The molecule has 1 fully saturated rings. The second-order valence-corrected chi connectivity index (χ2v) is 4.95. The summed E-state index contributed by atoms with van der Waals surface area (Å²) in [5.41, 5.74) is -0.0454. The van der Waals surface area contributed by atoms with Crippen LogP contribution in [0.3, 0.4) is 0 Å². The summed E-state index contributed by atoms with van der Waals surface area (Å²) in [6.07, 6.45) is 2.48. The minimum atomic E-state index is -0.643. The first kappa shape index (κ1) is 12.8. The lowest BCUT2D eigenvalue weighted by Crippen LogP contribution is -2.08. The van der Waals surface area contributed by atoms with Crippen LogP contribution in [0.25, 0.3) is 0 Å². The number of benzene rings is 1. The number of hydrogen-bond donors (Lipinski definition) is 0. The smallest absolute Gasteiger partial charge is 0.258 e. The zero-order chi connectivity index (χ0) is 13.3. The molecule has 1 saturated carbocycles. The topological polar surface area (TPSA) is 86.3 Å². The highest BCUT2D eigenvalue weighted by molar-refractivity contribution is 6.21. The zero-order valence-electron chi connectivity index (χ0n) is 9.41. The van der Waals surface area contributed by atoms with Crippen molar-refractivity contribution >= 4 is 23.0 Å². The maximum atomic E-state index is 10.9. The van der Waals surface area contributed by atoms with Gasteiger partial charge >= 0.3 is 0 Å². The Bertz CT molecular complexity index is 502. The van der Waals surface area contributed by atoms with Gasteiger partial charge in [-0.2, -0.15) is 0 Å². The Hall–Kier alpha value is -1.69. The van der Waals surface area contributed by atoms with Crippen LogP contribution in [0.1, 0.15) is 18.4 Å². The van der Waals surface area contributed by atoms with Crippen LogP contribution >= 0.6 is 11.6 Å². The average molecular weight is 271 g/mol. The molecule has 0 saturated heterocycles. The van der Waals surface area contributed by atoms with Gasteiger partial charge in [0.2, 0.25) is 0 Å². The van der Waals surface area contributed by atoms with Crippen molar-refractivity contribution in [1.82, 2.24) is 0 Å². The van der Waals surface area contributed by atoms with E-state index in [4.69, 9.17) is 11.6 Å². The molecule has 1 aromatic carbocycles. The van der Waals surface area contributed by atoms with Crippen LogP contribution in [0.4, 0.5) is 11.4 Å². The Balaban J connectivity index is 2.27. The standard InChI is InChI=1S/C11H11ClN2O4/c12-10(7-1-2-7)5-8-3-4-9(13(15)16)6-11(8)14(17)18/h3-4,6-7,10H,1-2,5H2. The van der Waals surface area contributed by atoms with E-state index in [9.17, 15) is 20.2 Å². The van der Waals surface area contributed by atoms with Gasteiger partial charge in [-0.3, -0.25) is 20.2 Å². The van der Waals surface area contributed by atoms with Gasteiger partial charge in [-0.25, -0.2) is 0 Å². The Morgan fingerprint density at radius 1 is 1.28 bits per heavy atom. The van der Waals surface area contributed by atoms with E-state index in [0.717, 1.165) is 18.9 Å². The fourth-order valence-electron chi connectivity index (χ4n) is 1.84. The van der Waals surface area contributed by atoms with E-state index in [0.29, 0.717) is 17.9 Å². The van der Waals surface area contributed by atoms with Gasteiger partial charge in [0.25, 0.3) is 11.4 Å². The van der Waals surface area contributed by atoms with Crippen LogP contribution in [0, 0.1) is 26.1 Å². The number of halogens is 1. The Morgan fingerprint density at radius 3 is 2.44 bits per heavy atom. The van der Waals surface area contributed by atoms with Crippen molar-refractivity contribution in [3.05, 3.63) is 44.0 Å².